The van der Waals surface area contributed by atoms with Gasteiger partial charge < -0.3 is 20.9 Å². The van der Waals surface area contributed by atoms with Crippen LogP contribution in [0.15, 0.2) is 53.4 Å². The van der Waals surface area contributed by atoms with Crippen molar-refractivity contribution in [3.8, 4) is 0 Å². The molecule has 2 rings (SSSR count). The average Bonchev–Trinajstić information content (AvgIpc) is 2.59. The lowest BCUT2D eigenvalue weighted by Crippen LogP contribution is -2.35. The Kier molecular flexibility index (Phi) is 6.93. The summed E-state index contributed by atoms with van der Waals surface area (Å²) >= 11 is 0. The van der Waals surface area contributed by atoms with Gasteiger partial charge in [0.25, 0.3) is 10.0 Å². The number of nitrogens with two attached hydrogens (primary N) is 1. The summed E-state index contributed by atoms with van der Waals surface area (Å²) in [5, 5.41) is 11.7. The Bertz CT molecular complexity index is 1030. The minimum Gasteiger partial charge on any atom is -0.481 e. The van der Waals surface area contributed by atoms with Crippen molar-refractivity contribution in [3.63, 3.8) is 0 Å². The molecule has 0 aromatic heterocycles. The Morgan fingerprint density at radius 3 is 2.40 bits per heavy atom. The minimum absolute atomic E-state index is 0.0122. The number of carboxylic acids is 1. The zero-order chi connectivity index (χ0) is 22.5. The second-order valence-corrected chi connectivity index (χ2v) is 9.28. The Balaban J connectivity index is 2.27. The Labute approximate surface area is 175 Å². The van der Waals surface area contributed by atoms with Crippen molar-refractivity contribution in [3.05, 3.63) is 54.1 Å². The van der Waals surface area contributed by atoms with E-state index in [1.165, 1.54) is 30.3 Å². The first kappa shape index (κ1) is 23.0. The molecule has 0 heterocycles. The molecule has 162 valence electrons. The van der Waals surface area contributed by atoms with Crippen molar-refractivity contribution in [1.29, 1.82) is 0 Å². The number of benzene rings is 2. The van der Waals surface area contributed by atoms with E-state index in [2.05, 4.69) is 10.0 Å². The predicted octanol–water partition coefficient (Wildman–Crippen LogP) is 3.11. The number of sulfonamides is 1. The molecule has 10 heteroatoms. The van der Waals surface area contributed by atoms with Crippen molar-refractivity contribution >= 4 is 33.5 Å². The van der Waals surface area contributed by atoms with Gasteiger partial charge in [-0.05, 0) is 56.7 Å². The van der Waals surface area contributed by atoms with Crippen LogP contribution in [0, 0.1) is 0 Å². The minimum atomic E-state index is -3.91. The molecular formula is C20H25N3O6S. The molecule has 2 aromatic rings. The van der Waals surface area contributed by atoms with Crippen LogP contribution in [0.4, 0.5) is 16.2 Å². The molecule has 0 saturated heterocycles. The number of amides is 1. The van der Waals surface area contributed by atoms with Crippen LogP contribution in [0.5, 0.6) is 0 Å². The maximum atomic E-state index is 12.6. The normalized spacial score (nSPS) is 12.6. The van der Waals surface area contributed by atoms with Gasteiger partial charge in [-0.3, -0.25) is 9.52 Å². The fraction of sp³-hybridized carbons (Fsp3) is 0.300. The maximum absolute atomic E-state index is 12.6. The van der Waals surface area contributed by atoms with E-state index in [0.29, 0.717) is 11.3 Å². The number of alkyl carbamates (subject to hydrolysis) is 1. The highest BCUT2D eigenvalue weighted by Crippen LogP contribution is 2.24. The fourth-order valence-electron chi connectivity index (χ4n) is 2.59. The molecule has 0 unspecified atom stereocenters. The van der Waals surface area contributed by atoms with Crippen LogP contribution in [0.3, 0.4) is 0 Å². The van der Waals surface area contributed by atoms with E-state index in [4.69, 9.17) is 10.5 Å². The molecule has 5 N–H and O–H groups in total. The van der Waals surface area contributed by atoms with Gasteiger partial charge in [-0.1, -0.05) is 18.2 Å². The summed E-state index contributed by atoms with van der Waals surface area (Å²) in [6.07, 6.45) is -1.19. The zero-order valence-electron chi connectivity index (χ0n) is 16.9. The number of nitrogens with one attached hydrogen (secondary N) is 2. The SMILES string of the molecule is CC(C)(C)OC(=O)N[C@H](CC(=O)O)c1cccc(NS(=O)(=O)c2cccc(N)c2)c1. The lowest BCUT2D eigenvalue weighted by atomic mass is 10.0. The second-order valence-electron chi connectivity index (χ2n) is 7.60. The number of carbonyl (C=O) groups excluding carboxylic acids is 1. The van der Waals surface area contributed by atoms with Crippen LogP contribution < -0.4 is 15.8 Å². The van der Waals surface area contributed by atoms with Gasteiger partial charge in [0.1, 0.15) is 5.60 Å². The number of carboxylic acid groups (broad SMARTS) is 1. The average molecular weight is 436 g/mol. The van der Waals surface area contributed by atoms with Crippen LogP contribution in [0.2, 0.25) is 0 Å². The van der Waals surface area contributed by atoms with Crippen molar-refractivity contribution in [1.82, 2.24) is 5.32 Å². The summed E-state index contributed by atoms with van der Waals surface area (Å²) in [6.45, 7) is 5.06. The van der Waals surface area contributed by atoms with Gasteiger partial charge in [-0.25, -0.2) is 13.2 Å². The van der Waals surface area contributed by atoms with E-state index in [-0.39, 0.29) is 10.6 Å². The molecule has 30 heavy (non-hydrogen) atoms. The summed E-state index contributed by atoms with van der Waals surface area (Å²) in [6, 6.07) is 11.0. The summed E-state index contributed by atoms with van der Waals surface area (Å²) in [7, 11) is -3.91. The number of hydrogen-bond donors (Lipinski definition) is 4. The molecule has 1 amide bonds. The monoisotopic (exact) mass is 435 g/mol. The quantitative estimate of drug-likeness (QED) is 0.488. The third-order valence-electron chi connectivity index (χ3n) is 3.78. The number of hydrogen-bond acceptors (Lipinski definition) is 6. The first-order valence-electron chi connectivity index (χ1n) is 9.05. The van der Waals surface area contributed by atoms with Gasteiger partial charge in [-0.2, -0.15) is 0 Å². The summed E-state index contributed by atoms with van der Waals surface area (Å²) in [5.41, 5.74) is 5.80. The maximum Gasteiger partial charge on any atom is 0.408 e. The van der Waals surface area contributed by atoms with E-state index in [0.717, 1.165) is 0 Å². The summed E-state index contributed by atoms with van der Waals surface area (Å²) in [4.78, 5) is 23.4. The molecule has 9 nitrogen and oxygen atoms in total. The van der Waals surface area contributed by atoms with Gasteiger partial charge in [0.05, 0.1) is 17.4 Å². The smallest absolute Gasteiger partial charge is 0.408 e. The van der Waals surface area contributed by atoms with Gasteiger partial charge >= 0.3 is 12.1 Å². The Morgan fingerprint density at radius 2 is 1.80 bits per heavy atom. The van der Waals surface area contributed by atoms with Crippen molar-refractivity contribution in [2.45, 2.75) is 43.7 Å². The molecule has 2 aromatic carbocycles. The van der Waals surface area contributed by atoms with Gasteiger partial charge in [0, 0.05) is 11.4 Å². The highest BCUT2D eigenvalue weighted by atomic mass is 32.2. The molecule has 0 fully saturated rings. The predicted molar refractivity (Wildman–Crippen MR) is 112 cm³/mol. The lowest BCUT2D eigenvalue weighted by Gasteiger charge is -2.23. The highest BCUT2D eigenvalue weighted by molar-refractivity contribution is 7.92. The first-order chi connectivity index (χ1) is 13.9. The van der Waals surface area contributed by atoms with Crippen LogP contribution in [0.25, 0.3) is 0 Å². The third-order valence-corrected chi connectivity index (χ3v) is 5.16. The van der Waals surface area contributed by atoms with E-state index in [1.807, 2.05) is 0 Å². The van der Waals surface area contributed by atoms with Crippen molar-refractivity contribution in [2.24, 2.45) is 0 Å². The first-order valence-corrected chi connectivity index (χ1v) is 10.5. The van der Waals surface area contributed by atoms with Crippen LogP contribution >= 0.6 is 0 Å². The molecule has 0 saturated carbocycles. The Morgan fingerprint density at radius 1 is 1.13 bits per heavy atom. The molecule has 0 aliphatic carbocycles. The van der Waals surface area contributed by atoms with Gasteiger partial charge in [0.15, 0.2) is 0 Å². The number of nitrogen functional groups attached to an aromatic ring is 1. The highest BCUT2D eigenvalue weighted by Gasteiger charge is 2.23. The molecule has 1 atom stereocenters. The van der Waals surface area contributed by atoms with Gasteiger partial charge in [0.2, 0.25) is 0 Å². The standard InChI is InChI=1S/C20H25N3O6S/c1-20(2,3)29-19(26)22-17(12-18(24)25)13-6-4-8-15(10-13)23-30(27,28)16-9-5-7-14(21)11-16/h4-11,17,23H,12,21H2,1-3H3,(H,22,26)(H,24,25)/t17-/m1/s1. The largest absolute Gasteiger partial charge is 0.481 e. The van der Waals surface area contributed by atoms with Crippen molar-refractivity contribution in [2.75, 3.05) is 10.5 Å². The number of ether oxygens (including phenoxy) is 1. The van der Waals surface area contributed by atoms with E-state index in [1.54, 1.807) is 39.0 Å². The van der Waals surface area contributed by atoms with Gasteiger partial charge in [-0.15, -0.1) is 0 Å². The molecule has 0 spiro atoms. The van der Waals surface area contributed by atoms with Crippen LogP contribution in [-0.4, -0.2) is 31.2 Å². The van der Waals surface area contributed by atoms with Crippen LogP contribution in [-0.2, 0) is 19.6 Å². The van der Waals surface area contributed by atoms with E-state index in [9.17, 15) is 23.1 Å². The summed E-state index contributed by atoms with van der Waals surface area (Å²) < 4.78 is 32.8. The second kappa shape index (κ2) is 9.04. The van der Waals surface area contributed by atoms with Crippen molar-refractivity contribution < 1.29 is 27.9 Å². The number of anilines is 2. The van der Waals surface area contributed by atoms with Crippen LogP contribution in [0.1, 0.15) is 38.8 Å². The molecule has 0 aliphatic rings. The zero-order valence-corrected chi connectivity index (χ0v) is 17.7. The van der Waals surface area contributed by atoms with E-state index >= 15 is 0 Å². The third kappa shape index (κ3) is 6.96. The molecule has 0 aliphatic heterocycles. The lowest BCUT2D eigenvalue weighted by molar-refractivity contribution is -0.137. The van der Waals surface area contributed by atoms with E-state index < -0.39 is 40.1 Å². The fourth-order valence-corrected chi connectivity index (χ4v) is 3.70. The number of aliphatic carboxylic acids is 1. The Hall–Kier alpha value is -3.27. The molecular weight excluding hydrogens is 410 g/mol. The topological polar surface area (TPSA) is 148 Å². The summed E-state index contributed by atoms with van der Waals surface area (Å²) in [5.74, 6) is -1.14. The molecule has 0 radical (unpaired) electrons. The number of carbonyl (C=O) groups is 2. The number of rotatable bonds is 7. The molecule has 0 bridgehead atoms.